The highest BCUT2D eigenvalue weighted by Crippen LogP contribution is 2.34. The molecule has 0 fully saturated rings. The largest absolute Gasteiger partial charge is 0.298 e. The topological polar surface area (TPSA) is 47.7 Å². The molecule has 2 heteroatoms. The second-order valence-corrected chi connectivity index (χ2v) is 6.41. The summed E-state index contributed by atoms with van der Waals surface area (Å²) in [5.41, 5.74) is 2.52. The van der Waals surface area contributed by atoms with E-state index in [-0.39, 0.29) is 10.8 Å². The van der Waals surface area contributed by atoms with Crippen LogP contribution >= 0.6 is 0 Å². The van der Waals surface area contributed by atoms with Gasteiger partial charge in [-0.3, -0.25) is 10.8 Å². The Morgan fingerprint density at radius 2 is 0.938 bits per heavy atom. The maximum absolute atomic E-state index is 8.08. The molecule has 0 saturated carbocycles. The van der Waals surface area contributed by atoms with Crippen LogP contribution < -0.4 is 0 Å². The summed E-state index contributed by atoms with van der Waals surface area (Å²) in [6, 6.07) is 0. The van der Waals surface area contributed by atoms with Crippen molar-refractivity contribution >= 4 is 11.4 Å². The zero-order valence-corrected chi connectivity index (χ0v) is 11.2. The fourth-order valence-corrected chi connectivity index (χ4v) is 1.85. The van der Waals surface area contributed by atoms with Crippen LogP contribution in [0, 0.1) is 21.6 Å². The summed E-state index contributed by atoms with van der Waals surface area (Å²) in [6.07, 6.45) is 4.00. The Hall–Kier alpha value is -1.18. The van der Waals surface area contributed by atoms with E-state index in [1.54, 1.807) is 0 Å². The molecule has 1 rings (SSSR count). The number of nitrogens with one attached hydrogen (secondary N) is 2. The average molecular weight is 218 g/mol. The minimum atomic E-state index is -0.0662. The maximum atomic E-state index is 8.08. The quantitative estimate of drug-likeness (QED) is 0.578. The Balaban J connectivity index is 3.25. The predicted octanol–water partition coefficient (Wildman–Crippen LogP) is 3.98. The van der Waals surface area contributed by atoms with Gasteiger partial charge in [0.2, 0.25) is 0 Å². The first-order valence-corrected chi connectivity index (χ1v) is 5.66. The van der Waals surface area contributed by atoms with Gasteiger partial charge in [-0.15, -0.1) is 0 Å². The molecule has 88 valence electrons. The van der Waals surface area contributed by atoms with E-state index < -0.39 is 0 Å². The fraction of sp³-hybridized carbons (Fsp3) is 0.571. The standard InChI is InChI=1S/C14H22N2/c1-13(2,3)9-7-8-10(14(4,5)6)12(16)11(9)15/h7-8,15-16H,1-6H3. The molecule has 1 aliphatic carbocycles. The highest BCUT2D eigenvalue weighted by atomic mass is 14.6. The van der Waals surface area contributed by atoms with Crippen molar-refractivity contribution in [2.45, 2.75) is 41.5 Å². The summed E-state index contributed by atoms with van der Waals surface area (Å²) < 4.78 is 0. The Labute approximate surface area is 98.5 Å². The molecule has 1 aliphatic rings. The van der Waals surface area contributed by atoms with E-state index >= 15 is 0 Å². The summed E-state index contributed by atoms with van der Waals surface area (Å²) in [5, 5.41) is 16.2. The second-order valence-electron chi connectivity index (χ2n) is 6.41. The summed E-state index contributed by atoms with van der Waals surface area (Å²) in [7, 11) is 0. The van der Waals surface area contributed by atoms with E-state index in [0.29, 0.717) is 11.4 Å². The Morgan fingerprint density at radius 3 is 1.12 bits per heavy atom. The molecule has 0 saturated heterocycles. The zero-order valence-electron chi connectivity index (χ0n) is 11.2. The third-order valence-electron chi connectivity index (χ3n) is 2.82. The molecule has 0 spiro atoms. The third-order valence-corrected chi connectivity index (χ3v) is 2.82. The van der Waals surface area contributed by atoms with Gasteiger partial charge < -0.3 is 0 Å². The molecular formula is C14H22N2. The van der Waals surface area contributed by atoms with Crippen LogP contribution in [-0.4, -0.2) is 11.4 Å². The van der Waals surface area contributed by atoms with Crippen molar-refractivity contribution < 1.29 is 0 Å². The average Bonchev–Trinajstić information content (AvgIpc) is 2.05. The summed E-state index contributed by atoms with van der Waals surface area (Å²) in [6.45, 7) is 12.5. The summed E-state index contributed by atoms with van der Waals surface area (Å²) in [4.78, 5) is 0. The van der Waals surface area contributed by atoms with E-state index in [1.165, 1.54) is 0 Å². The zero-order chi connectivity index (χ0) is 12.7. The van der Waals surface area contributed by atoms with Gasteiger partial charge >= 0.3 is 0 Å². The molecule has 0 bridgehead atoms. The Kier molecular flexibility index (Phi) is 2.97. The van der Waals surface area contributed by atoms with E-state index in [2.05, 4.69) is 41.5 Å². The van der Waals surface area contributed by atoms with Crippen LogP contribution in [0.3, 0.4) is 0 Å². The molecule has 0 radical (unpaired) electrons. The summed E-state index contributed by atoms with van der Waals surface area (Å²) in [5.74, 6) is 0. The Morgan fingerprint density at radius 1 is 0.688 bits per heavy atom. The Bertz CT molecular complexity index is 355. The van der Waals surface area contributed by atoms with Crippen molar-refractivity contribution in [3.63, 3.8) is 0 Å². The lowest BCUT2D eigenvalue weighted by Gasteiger charge is -2.31. The van der Waals surface area contributed by atoms with E-state index in [4.69, 9.17) is 10.8 Å². The van der Waals surface area contributed by atoms with Crippen molar-refractivity contribution in [2.75, 3.05) is 0 Å². The van der Waals surface area contributed by atoms with E-state index in [1.807, 2.05) is 12.2 Å². The van der Waals surface area contributed by atoms with Crippen LogP contribution in [0.1, 0.15) is 41.5 Å². The third kappa shape index (κ3) is 2.31. The molecule has 2 nitrogen and oxygen atoms in total. The van der Waals surface area contributed by atoms with Gasteiger partial charge in [-0.05, 0) is 22.0 Å². The van der Waals surface area contributed by atoms with Gasteiger partial charge in [0.05, 0.1) is 11.4 Å². The minimum absolute atomic E-state index is 0.0662. The first-order valence-electron chi connectivity index (χ1n) is 5.66. The van der Waals surface area contributed by atoms with Crippen molar-refractivity contribution in [1.29, 1.82) is 10.8 Å². The van der Waals surface area contributed by atoms with Gasteiger partial charge in [0.15, 0.2) is 0 Å². The monoisotopic (exact) mass is 218 g/mol. The molecule has 0 atom stereocenters. The first kappa shape index (κ1) is 12.9. The molecule has 0 aliphatic heterocycles. The van der Waals surface area contributed by atoms with Crippen LogP contribution in [0.25, 0.3) is 0 Å². The smallest absolute Gasteiger partial charge is 0.0829 e. The second kappa shape index (κ2) is 3.69. The van der Waals surface area contributed by atoms with Crippen molar-refractivity contribution in [3.05, 3.63) is 23.3 Å². The molecule has 0 aromatic heterocycles. The normalized spacial score (nSPS) is 18.4. The van der Waals surface area contributed by atoms with E-state index in [9.17, 15) is 0 Å². The highest BCUT2D eigenvalue weighted by Gasteiger charge is 2.31. The van der Waals surface area contributed by atoms with Crippen molar-refractivity contribution in [2.24, 2.45) is 10.8 Å². The molecule has 0 heterocycles. The highest BCUT2D eigenvalue weighted by molar-refractivity contribution is 6.52. The number of allylic oxidation sites excluding steroid dienone is 4. The van der Waals surface area contributed by atoms with Crippen LogP contribution in [0.15, 0.2) is 23.3 Å². The molecule has 0 unspecified atom stereocenters. The lowest BCUT2D eigenvalue weighted by atomic mass is 9.73. The molecule has 0 amide bonds. The van der Waals surface area contributed by atoms with Gasteiger partial charge in [-0.2, -0.15) is 0 Å². The maximum Gasteiger partial charge on any atom is 0.0829 e. The molecule has 2 N–H and O–H groups in total. The number of rotatable bonds is 0. The number of hydrogen-bond donors (Lipinski definition) is 2. The molecule has 0 aromatic carbocycles. The van der Waals surface area contributed by atoms with Crippen LogP contribution in [0.4, 0.5) is 0 Å². The lowest BCUT2D eigenvalue weighted by molar-refractivity contribution is 0.514. The van der Waals surface area contributed by atoms with Gasteiger partial charge in [0, 0.05) is 0 Å². The summed E-state index contributed by atoms with van der Waals surface area (Å²) >= 11 is 0. The molecular weight excluding hydrogens is 196 g/mol. The van der Waals surface area contributed by atoms with Gasteiger partial charge in [-0.25, -0.2) is 0 Å². The fourth-order valence-electron chi connectivity index (χ4n) is 1.85. The lowest BCUT2D eigenvalue weighted by Crippen LogP contribution is -2.31. The first-order chi connectivity index (χ1) is 7.05. The van der Waals surface area contributed by atoms with E-state index in [0.717, 1.165) is 11.1 Å². The van der Waals surface area contributed by atoms with Crippen molar-refractivity contribution in [1.82, 2.24) is 0 Å². The van der Waals surface area contributed by atoms with Gasteiger partial charge in [-0.1, -0.05) is 53.7 Å². The SMILES string of the molecule is CC(C)(C)C1=CC=C(C(C)(C)C)C(=N)C1=N. The van der Waals surface area contributed by atoms with Gasteiger partial charge in [0.1, 0.15) is 0 Å². The minimum Gasteiger partial charge on any atom is -0.298 e. The number of hydrogen-bond acceptors (Lipinski definition) is 2. The molecule has 0 aromatic rings. The van der Waals surface area contributed by atoms with Crippen LogP contribution in [0.5, 0.6) is 0 Å². The van der Waals surface area contributed by atoms with Gasteiger partial charge in [0.25, 0.3) is 0 Å². The van der Waals surface area contributed by atoms with Crippen LogP contribution in [-0.2, 0) is 0 Å². The van der Waals surface area contributed by atoms with Crippen LogP contribution in [0.2, 0.25) is 0 Å². The van der Waals surface area contributed by atoms with Crippen molar-refractivity contribution in [3.8, 4) is 0 Å². The molecule has 16 heavy (non-hydrogen) atoms. The predicted molar refractivity (Wildman–Crippen MR) is 70.5 cm³/mol.